The predicted molar refractivity (Wildman–Crippen MR) is 116 cm³/mol. The Hall–Kier alpha value is -3.48. The Bertz CT molecular complexity index is 1210. The summed E-state index contributed by atoms with van der Waals surface area (Å²) in [5, 5.41) is 0. The first kappa shape index (κ1) is 21.4. The molecule has 5 rings (SSSR count). The molecule has 0 aromatic heterocycles. The second-order valence-electron chi connectivity index (χ2n) is 8.39. The molecule has 0 saturated heterocycles. The van der Waals surface area contributed by atoms with Crippen molar-refractivity contribution in [1.29, 1.82) is 0 Å². The van der Waals surface area contributed by atoms with Gasteiger partial charge in [0.1, 0.15) is 11.5 Å². The summed E-state index contributed by atoms with van der Waals surface area (Å²) in [6.07, 6.45) is -3.28. The minimum absolute atomic E-state index is 0.0818. The van der Waals surface area contributed by atoms with Gasteiger partial charge in [0, 0.05) is 6.42 Å². The zero-order valence-corrected chi connectivity index (χ0v) is 17.9. The number of benzene rings is 3. The molecule has 7 heteroatoms. The third-order valence-corrected chi connectivity index (χ3v) is 6.32. The molecule has 1 aliphatic carbocycles. The van der Waals surface area contributed by atoms with Crippen LogP contribution < -0.4 is 14.2 Å². The van der Waals surface area contributed by atoms with Crippen LogP contribution in [-0.4, -0.2) is 19.7 Å². The summed E-state index contributed by atoms with van der Waals surface area (Å²) in [5.41, 5.74) is 0.726. The minimum Gasteiger partial charge on any atom is -0.497 e. The van der Waals surface area contributed by atoms with E-state index >= 15 is 0 Å². The van der Waals surface area contributed by atoms with E-state index in [-0.39, 0.29) is 19.0 Å². The number of hydrogen-bond acceptors (Lipinski definition) is 4. The SMILES string of the molecule is COc1ccc(-c2cc(CC(=O)C3(c4ccc5c(c4)OCO5)CC3)cc(C(F)(F)F)c2)cc1. The van der Waals surface area contributed by atoms with E-state index in [0.29, 0.717) is 46.8 Å². The smallest absolute Gasteiger partial charge is 0.416 e. The number of Topliss-reactive ketones (excluding diaryl/α,β-unsaturated/α-hetero) is 1. The minimum atomic E-state index is -4.52. The van der Waals surface area contributed by atoms with Gasteiger partial charge < -0.3 is 14.2 Å². The van der Waals surface area contributed by atoms with Gasteiger partial charge in [0.15, 0.2) is 11.5 Å². The Kier molecular flexibility index (Phi) is 5.07. The first-order valence-corrected chi connectivity index (χ1v) is 10.6. The van der Waals surface area contributed by atoms with Crippen molar-refractivity contribution in [2.24, 2.45) is 0 Å². The molecular formula is C26H21F3O4. The molecule has 2 aliphatic rings. The molecule has 1 aliphatic heterocycles. The van der Waals surface area contributed by atoms with Gasteiger partial charge in [-0.15, -0.1) is 0 Å². The van der Waals surface area contributed by atoms with Gasteiger partial charge in [-0.05, 0) is 71.5 Å². The van der Waals surface area contributed by atoms with E-state index in [2.05, 4.69) is 0 Å². The zero-order chi connectivity index (χ0) is 23.2. The average molecular weight is 454 g/mol. The lowest BCUT2D eigenvalue weighted by Gasteiger charge is -2.17. The monoisotopic (exact) mass is 454 g/mol. The van der Waals surface area contributed by atoms with Crippen molar-refractivity contribution in [2.75, 3.05) is 13.9 Å². The largest absolute Gasteiger partial charge is 0.497 e. The molecule has 0 spiro atoms. The first-order valence-electron chi connectivity index (χ1n) is 10.6. The molecule has 1 heterocycles. The lowest BCUT2D eigenvalue weighted by atomic mass is 9.87. The lowest BCUT2D eigenvalue weighted by molar-refractivity contribution is -0.137. The van der Waals surface area contributed by atoms with E-state index in [4.69, 9.17) is 14.2 Å². The second kappa shape index (κ2) is 7.83. The Labute approximate surface area is 188 Å². The van der Waals surface area contributed by atoms with Crippen LogP contribution in [0.2, 0.25) is 0 Å². The predicted octanol–water partition coefficient (Wildman–Crippen LogP) is 5.95. The van der Waals surface area contributed by atoms with Crippen molar-refractivity contribution in [3.63, 3.8) is 0 Å². The highest BCUT2D eigenvalue weighted by atomic mass is 19.4. The van der Waals surface area contributed by atoms with E-state index < -0.39 is 17.2 Å². The summed E-state index contributed by atoms with van der Waals surface area (Å²) in [4.78, 5) is 13.3. The van der Waals surface area contributed by atoms with Crippen LogP contribution in [0, 0.1) is 0 Å². The number of ether oxygens (including phenoxy) is 3. The second-order valence-corrected chi connectivity index (χ2v) is 8.39. The quantitative estimate of drug-likeness (QED) is 0.462. The lowest BCUT2D eigenvalue weighted by Crippen LogP contribution is -2.22. The third-order valence-electron chi connectivity index (χ3n) is 6.32. The average Bonchev–Trinajstić information content (AvgIpc) is 3.49. The summed E-state index contributed by atoms with van der Waals surface area (Å²) in [5.74, 6) is 1.73. The van der Waals surface area contributed by atoms with E-state index in [1.165, 1.54) is 7.11 Å². The number of methoxy groups -OCH3 is 1. The summed E-state index contributed by atoms with van der Waals surface area (Å²) in [6, 6.07) is 16.1. The maximum absolute atomic E-state index is 13.6. The molecule has 0 unspecified atom stereocenters. The zero-order valence-electron chi connectivity index (χ0n) is 17.9. The fraction of sp³-hybridized carbons (Fsp3) is 0.269. The van der Waals surface area contributed by atoms with Gasteiger partial charge in [0.05, 0.1) is 18.1 Å². The van der Waals surface area contributed by atoms with E-state index in [9.17, 15) is 18.0 Å². The molecule has 0 bridgehead atoms. The number of ketones is 1. The van der Waals surface area contributed by atoms with Gasteiger partial charge in [-0.3, -0.25) is 4.79 Å². The van der Waals surface area contributed by atoms with Crippen molar-refractivity contribution in [1.82, 2.24) is 0 Å². The highest BCUT2D eigenvalue weighted by Gasteiger charge is 2.51. The molecule has 1 saturated carbocycles. The molecule has 0 radical (unpaired) electrons. The number of hydrogen-bond donors (Lipinski definition) is 0. The standard InChI is InChI=1S/C26H21F3O4/c1-31-21-5-2-17(3-6-21)18-10-16(11-20(13-18)26(27,28)29)12-24(30)25(8-9-25)19-4-7-22-23(14-19)33-15-32-22/h2-7,10-11,13-14H,8-9,12,15H2,1H3. The maximum atomic E-state index is 13.6. The van der Waals surface area contributed by atoms with Crippen LogP contribution >= 0.6 is 0 Å². The third kappa shape index (κ3) is 4.03. The molecule has 0 N–H and O–H groups in total. The van der Waals surface area contributed by atoms with Gasteiger partial charge in [0.2, 0.25) is 6.79 Å². The number of carbonyl (C=O) groups excluding carboxylic acids is 1. The molecule has 33 heavy (non-hydrogen) atoms. The Balaban J connectivity index is 1.46. The van der Waals surface area contributed by atoms with E-state index in [0.717, 1.165) is 17.7 Å². The van der Waals surface area contributed by atoms with E-state index in [1.54, 1.807) is 36.4 Å². The number of halogens is 3. The summed E-state index contributed by atoms with van der Waals surface area (Å²) < 4.78 is 56.8. The van der Waals surface area contributed by atoms with Crippen LogP contribution in [0.3, 0.4) is 0 Å². The van der Waals surface area contributed by atoms with Crippen molar-refractivity contribution in [2.45, 2.75) is 30.9 Å². The van der Waals surface area contributed by atoms with E-state index in [1.807, 2.05) is 12.1 Å². The van der Waals surface area contributed by atoms with Crippen LogP contribution in [0.15, 0.2) is 60.7 Å². The molecule has 3 aromatic rings. The van der Waals surface area contributed by atoms with Crippen molar-refractivity contribution < 1.29 is 32.2 Å². The Morgan fingerprint density at radius 2 is 1.67 bits per heavy atom. The van der Waals surface area contributed by atoms with Crippen LogP contribution in [0.5, 0.6) is 17.2 Å². The van der Waals surface area contributed by atoms with Crippen molar-refractivity contribution in [3.05, 3.63) is 77.4 Å². The maximum Gasteiger partial charge on any atom is 0.416 e. The molecule has 1 fully saturated rings. The fourth-order valence-corrected chi connectivity index (χ4v) is 4.31. The summed E-state index contributed by atoms with van der Waals surface area (Å²) >= 11 is 0. The fourth-order valence-electron chi connectivity index (χ4n) is 4.31. The van der Waals surface area contributed by atoms with Crippen LogP contribution in [0.25, 0.3) is 11.1 Å². The van der Waals surface area contributed by atoms with Gasteiger partial charge in [-0.2, -0.15) is 13.2 Å². The normalized spacial score (nSPS) is 15.9. The number of fused-ring (bicyclic) bond motifs is 1. The van der Waals surface area contributed by atoms with Crippen LogP contribution in [-0.2, 0) is 22.8 Å². The number of alkyl halides is 3. The number of rotatable bonds is 6. The highest BCUT2D eigenvalue weighted by molar-refractivity contribution is 5.95. The molecule has 170 valence electrons. The van der Waals surface area contributed by atoms with Gasteiger partial charge >= 0.3 is 6.18 Å². The van der Waals surface area contributed by atoms with Gasteiger partial charge in [-0.25, -0.2) is 0 Å². The first-order chi connectivity index (χ1) is 15.8. The summed E-state index contributed by atoms with van der Waals surface area (Å²) in [7, 11) is 1.52. The topological polar surface area (TPSA) is 44.8 Å². The van der Waals surface area contributed by atoms with Crippen molar-refractivity contribution >= 4 is 5.78 Å². The molecule has 3 aromatic carbocycles. The molecule has 0 amide bonds. The number of carbonyl (C=O) groups is 1. The molecule has 4 nitrogen and oxygen atoms in total. The van der Waals surface area contributed by atoms with Gasteiger partial charge in [-0.1, -0.05) is 24.3 Å². The van der Waals surface area contributed by atoms with Crippen LogP contribution in [0.4, 0.5) is 13.2 Å². The van der Waals surface area contributed by atoms with Crippen LogP contribution in [0.1, 0.15) is 29.5 Å². The summed E-state index contributed by atoms with van der Waals surface area (Å²) in [6.45, 7) is 0.137. The molecule has 0 atom stereocenters. The Morgan fingerprint density at radius 1 is 0.939 bits per heavy atom. The van der Waals surface area contributed by atoms with Crippen molar-refractivity contribution in [3.8, 4) is 28.4 Å². The Morgan fingerprint density at radius 3 is 2.33 bits per heavy atom. The molecular weight excluding hydrogens is 433 g/mol. The highest BCUT2D eigenvalue weighted by Crippen LogP contribution is 2.51. The van der Waals surface area contributed by atoms with Gasteiger partial charge in [0.25, 0.3) is 0 Å².